The van der Waals surface area contributed by atoms with Crippen molar-refractivity contribution in [2.45, 2.75) is 25.9 Å². The molecule has 1 aromatic rings. The monoisotopic (exact) mass is 268 g/mol. The molecule has 2 unspecified atom stereocenters. The van der Waals surface area contributed by atoms with Crippen molar-refractivity contribution in [3.63, 3.8) is 0 Å². The summed E-state index contributed by atoms with van der Waals surface area (Å²) in [5.41, 5.74) is -0.146. The van der Waals surface area contributed by atoms with Gasteiger partial charge in [0.25, 0.3) is 0 Å². The molecule has 104 valence electrons. The van der Waals surface area contributed by atoms with E-state index in [0.29, 0.717) is 12.5 Å². The predicted octanol–water partition coefficient (Wildman–Crippen LogP) is 2.15. The Morgan fingerprint density at radius 3 is 3.16 bits per heavy atom. The number of rotatable bonds is 5. The molecule has 0 amide bonds. The van der Waals surface area contributed by atoms with Crippen LogP contribution in [0, 0.1) is 11.7 Å². The minimum absolute atomic E-state index is 0.146. The zero-order chi connectivity index (χ0) is 13.8. The van der Waals surface area contributed by atoms with E-state index in [1.807, 2.05) is 0 Å². The van der Waals surface area contributed by atoms with Gasteiger partial charge in [-0.25, -0.2) is 14.2 Å². The lowest BCUT2D eigenvalue weighted by molar-refractivity contribution is 0.0697. The van der Waals surface area contributed by atoms with E-state index < -0.39 is 11.8 Å². The van der Waals surface area contributed by atoms with Gasteiger partial charge in [0.1, 0.15) is 17.2 Å². The number of halogens is 1. The minimum Gasteiger partial charge on any atom is -0.478 e. The molecule has 5 nitrogen and oxygen atoms in total. The number of anilines is 1. The topological polar surface area (TPSA) is 71.5 Å². The highest BCUT2D eigenvalue weighted by Crippen LogP contribution is 2.24. The lowest BCUT2D eigenvalue weighted by Gasteiger charge is -2.18. The van der Waals surface area contributed by atoms with Gasteiger partial charge in [0.2, 0.25) is 0 Å². The summed E-state index contributed by atoms with van der Waals surface area (Å²) < 4.78 is 18.6. The van der Waals surface area contributed by atoms with Crippen molar-refractivity contribution in [3.05, 3.63) is 23.6 Å². The van der Waals surface area contributed by atoms with Gasteiger partial charge in [0.05, 0.1) is 12.3 Å². The van der Waals surface area contributed by atoms with Gasteiger partial charge in [-0.3, -0.25) is 0 Å². The summed E-state index contributed by atoms with van der Waals surface area (Å²) in [6, 6.07) is 0.972. The molecule has 0 spiro atoms. The van der Waals surface area contributed by atoms with Crippen LogP contribution in [0.25, 0.3) is 0 Å². The van der Waals surface area contributed by atoms with Crippen molar-refractivity contribution < 1.29 is 19.0 Å². The fourth-order valence-corrected chi connectivity index (χ4v) is 2.35. The first-order valence-electron chi connectivity index (χ1n) is 6.36. The van der Waals surface area contributed by atoms with Gasteiger partial charge in [0.15, 0.2) is 0 Å². The molecule has 2 N–H and O–H groups in total. The Balaban J connectivity index is 2.05. The van der Waals surface area contributed by atoms with Gasteiger partial charge in [-0.15, -0.1) is 0 Å². The molecule has 2 heterocycles. The maximum Gasteiger partial charge on any atom is 0.339 e. The van der Waals surface area contributed by atoms with Crippen LogP contribution in [0.15, 0.2) is 12.3 Å². The van der Waals surface area contributed by atoms with E-state index in [-0.39, 0.29) is 17.5 Å². The van der Waals surface area contributed by atoms with Crippen molar-refractivity contribution in [3.8, 4) is 0 Å². The zero-order valence-electron chi connectivity index (χ0n) is 10.7. The van der Waals surface area contributed by atoms with Gasteiger partial charge in [-0.1, -0.05) is 6.92 Å². The van der Waals surface area contributed by atoms with Gasteiger partial charge in [0, 0.05) is 19.1 Å². The third-order valence-corrected chi connectivity index (χ3v) is 3.37. The molecule has 0 aromatic carbocycles. The van der Waals surface area contributed by atoms with Crippen LogP contribution in [-0.4, -0.2) is 35.3 Å². The van der Waals surface area contributed by atoms with E-state index >= 15 is 0 Å². The molecule has 1 fully saturated rings. The van der Waals surface area contributed by atoms with E-state index in [9.17, 15) is 9.18 Å². The van der Waals surface area contributed by atoms with Crippen LogP contribution in [0.2, 0.25) is 0 Å². The molecule has 1 aliphatic heterocycles. The van der Waals surface area contributed by atoms with Crippen LogP contribution in [0.5, 0.6) is 0 Å². The summed E-state index contributed by atoms with van der Waals surface area (Å²) in [6.45, 7) is 3.37. The second-order valence-corrected chi connectivity index (χ2v) is 4.60. The Labute approximate surface area is 110 Å². The maximum atomic E-state index is 13.0. The fourth-order valence-electron chi connectivity index (χ4n) is 2.35. The molecule has 1 aliphatic rings. The minimum atomic E-state index is -1.19. The highest BCUT2D eigenvalue weighted by molar-refractivity contribution is 5.93. The van der Waals surface area contributed by atoms with E-state index in [4.69, 9.17) is 9.84 Å². The number of nitrogens with zero attached hydrogens (tertiary/aromatic N) is 1. The molecular weight excluding hydrogens is 251 g/mol. The van der Waals surface area contributed by atoms with Crippen LogP contribution in [-0.2, 0) is 4.74 Å². The summed E-state index contributed by atoms with van der Waals surface area (Å²) >= 11 is 0. The zero-order valence-corrected chi connectivity index (χ0v) is 10.7. The number of ether oxygens (including phenoxy) is 1. The largest absolute Gasteiger partial charge is 0.478 e. The fraction of sp³-hybridized carbons (Fsp3) is 0.538. The highest BCUT2D eigenvalue weighted by Gasteiger charge is 2.26. The first-order chi connectivity index (χ1) is 9.11. The molecule has 6 heteroatoms. The summed E-state index contributed by atoms with van der Waals surface area (Å²) in [5, 5.41) is 12.0. The Bertz CT molecular complexity index is 467. The molecule has 0 radical (unpaired) electrons. The number of hydrogen-bond acceptors (Lipinski definition) is 4. The average molecular weight is 268 g/mol. The molecular formula is C13H17FN2O3. The first kappa shape index (κ1) is 13.7. The average Bonchev–Trinajstić information content (AvgIpc) is 2.84. The summed E-state index contributed by atoms with van der Waals surface area (Å²) in [4.78, 5) is 14.8. The highest BCUT2D eigenvalue weighted by atomic mass is 19.1. The number of carboxylic acids is 1. The molecule has 1 saturated heterocycles. The standard InChI is InChI=1S/C13H17FN2O3/c1-2-11-8(3-4-19-11)6-15-12-10(13(17)18)5-9(14)7-16-12/h5,7-8,11H,2-4,6H2,1H3,(H,15,16)(H,17,18). The Morgan fingerprint density at radius 1 is 1.68 bits per heavy atom. The molecule has 1 aromatic heterocycles. The molecule has 0 bridgehead atoms. The number of carbonyl (C=O) groups is 1. The normalized spacial score (nSPS) is 22.4. The third-order valence-electron chi connectivity index (χ3n) is 3.37. The smallest absolute Gasteiger partial charge is 0.339 e. The predicted molar refractivity (Wildman–Crippen MR) is 67.8 cm³/mol. The van der Waals surface area contributed by atoms with Gasteiger partial charge < -0.3 is 15.2 Å². The van der Waals surface area contributed by atoms with Crippen LogP contribution in [0.1, 0.15) is 30.1 Å². The van der Waals surface area contributed by atoms with Crippen molar-refractivity contribution in [2.75, 3.05) is 18.5 Å². The Morgan fingerprint density at radius 2 is 2.47 bits per heavy atom. The van der Waals surface area contributed by atoms with E-state index in [2.05, 4.69) is 17.2 Å². The van der Waals surface area contributed by atoms with Crippen LogP contribution in [0.4, 0.5) is 10.2 Å². The number of aromatic carboxylic acids is 1. The number of nitrogens with one attached hydrogen (secondary N) is 1. The number of carboxylic acid groups (broad SMARTS) is 1. The lowest BCUT2D eigenvalue weighted by Crippen LogP contribution is -2.24. The molecule has 2 atom stereocenters. The second kappa shape index (κ2) is 5.97. The van der Waals surface area contributed by atoms with Crippen LogP contribution < -0.4 is 5.32 Å². The van der Waals surface area contributed by atoms with Crippen molar-refractivity contribution >= 4 is 11.8 Å². The van der Waals surface area contributed by atoms with E-state index in [0.717, 1.165) is 31.7 Å². The van der Waals surface area contributed by atoms with Crippen molar-refractivity contribution in [1.82, 2.24) is 4.98 Å². The summed E-state index contributed by atoms with van der Waals surface area (Å²) in [5.74, 6) is -1.31. The van der Waals surface area contributed by atoms with Gasteiger partial charge in [-0.05, 0) is 18.9 Å². The maximum absolute atomic E-state index is 13.0. The van der Waals surface area contributed by atoms with E-state index in [1.54, 1.807) is 0 Å². The number of hydrogen-bond donors (Lipinski definition) is 2. The van der Waals surface area contributed by atoms with E-state index in [1.165, 1.54) is 0 Å². The lowest BCUT2D eigenvalue weighted by atomic mass is 9.99. The first-order valence-corrected chi connectivity index (χ1v) is 6.36. The molecule has 2 rings (SSSR count). The van der Waals surface area contributed by atoms with Crippen molar-refractivity contribution in [2.24, 2.45) is 5.92 Å². The van der Waals surface area contributed by atoms with Gasteiger partial charge >= 0.3 is 5.97 Å². The van der Waals surface area contributed by atoms with Gasteiger partial charge in [-0.2, -0.15) is 0 Å². The molecule has 19 heavy (non-hydrogen) atoms. The summed E-state index contributed by atoms with van der Waals surface area (Å²) in [6.07, 6.45) is 3.07. The second-order valence-electron chi connectivity index (χ2n) is 4.60. The number of aromatic nitrogens is 1. The quantitative estimate of drug-likeness (QED) is 0.856. The van der Waals surface area contributed by atoms with Crippen LogP contribution >= 0.6 is 0 Å². The third kappa shape index (κ3) is 3.20. The Hall–Kier alpha value is -1.69. The molecule has 0 aliphatic carbocycles. The van der Waals surface area contributed by atoms with Crippen molar-refractivity contribution in [1.29, 1.82) is 0 Å². The number of pyridine rings is 1. The SMILES string of the molecule is CCC1OCCC1CNc1ncc(F)cc1C(=O)O. The molecule has 0 saturated carbocycles. The Kier molecular flexibility index (Phi) is 4.31. The van der Waals surface area contributed by atoms with Crippen LogP contribution in [0.3, 0.4) is 0 Å². The summed E-state index contributed by atoms with van der Waals surface area (Å²) in [7, 11) is 0.